The van der Waals surface area contributed by atoms with Gasteiger partial charge in [0.05, 0.1) is 0 Å². The van der Waals surface area contributed by atoms with Crippen molar-refractivity contribution in [3.63, 3.8) is 0 Å². The van der Waals surface area contributed by atoms with Crippen LogP contribution in [0.5, 0.6) is 0 Å². The first kappa shape index (κ1) is 8.58. The zero-order chi connectivity index (χ0) is 10.8. The van der Waals surface area contributed by atoms with Crippen LogP contribution < -0.4 is 0 Å². The monoisotopic (exact) mass is 206 g/mol. The Morgan fingerprint density at radius 3 is 2.81 bits per heavy atom. The lowest BCUT2D eigenvalue weighted by Gasteiger charge is -2.43. The van der Waals surface area contributed by atoms with Crippen molar-refractivity contribution in [2.45, 2.75) is 25.2 Å². The fourth-order valence-electron chi connectivity index (χ4n) is 3.65. The predicted octanol–water partition coefficient (Wildman–Crippen LogP) is 4.00. The Kier molecular flexibility index (Phi) is 1.38. The van der Waals surface area contributed by atoms with Crippen LogP contribution in [0.4, 0.5) is 0 Å². The Bertz CT molecular complexity index is 581. The third kappa shape index (κ3) is 0.694. The Morgan fingerprint density at radius 1 is 1.12 bits per heavy atom. The highest BCUT2D eigenvalue weighted by molar-refractivity contribution is 5.99. The van der Waals surface area contributed by atoms with E-state index < -0.39 is 0 Å². The van der Waals surface area contributed by atoms with Gasteiger partial charge in [0.2, 0.25) is 0 Å². The molecule has 0 amide bonds. The van der Waals surface area contributed by atoms with Crippen LogP contribution in [0.25, 0.3) is 5.57 Å². The summed E-state index contributed by atoms with van der Waals surface area (Å²) in [7, 11) is 0. The van der Waals surface area contributed by atoms with Gasteiger partial charge >= 0.3 is 0 Å². The molecular weight excluding hydrogens is 192 g/mol. The molecule has 0 nitrogen and oxygen atoms in total. The SMILES string of the molecule is CCCC12c3ccc(c1c3)-c1ccccc12. The van der Waals surface area contributed by atoms with E-state index in [0.717, 1.165) is 0 Å². The second kappa shape index (κ2) is 2.57. The molecule has 0 saturated heterocycles. The van der Waals surface area contributed by atoms with Gasteiger partial charge < -0.3 is 0 Å². The van der Waals surface area contributed by atoms with Crippen LogP contribution in [0.3, 0.4) is 0 Å². The third-order valence-corrected chi connectivity index (χ3v) is 4.27. The molecule has 0 radical (unpaired) electrons. The van der Waals surface area contributed by atoms with Crippen LogP contribution in [-0.2, 0) is 5.41 Å². The minimum atomic E-state index is 0.287. The largest absolute Gasteiger partial charge is 0.0653 e. The second-order valence-electron chi connectivity index (χ2n) is 4.96. The van der Waals surface area contributed by atoms with E-state index in [9.17, 15) is 0 Å². The second-order valence-corrected chi connectivity index (χ2v) is 4.96. The van der Waals surface area contributed by atoms with Gasteiger partial charge in [-0.25, -0.2) is 0 Å². The van der Waals surface area contributed by atoms with Gasteiger partial charge in [0.25, 0.3) is 0 Å². The summed E-state index contributed by atoms with van der Waals surface area (Å²) < 4.78 is 0. The molecule has 0 aromatic heterocycles. The van der Waals surface area contributed by atoms with Gasteiger partial charge in [-0.15, -0.1) is 0 Å². The normalized spacial score (nSPS) is 27.7. The summed E-state index contributed by atoms with van der Waals surface area (Å²) in [6, 6.07) is 8.92. The van der Waals surface area contributed by atoms with Crippen molar-refractivity contribution in [3.05, 3.63) is 64.8 Å². The third-order valence-electron chi connectivity index (χ3n) is 4.27. The van der Waals surface area contributed by atoms with Gasteiger partial charge in [-0.1, -0.05) is 55.8 Å². The molecular formula is C16H14. The maximum absolute atomic E-state index is 2.38. The molecule has 3 aliphatic carbocycles. The van der Waals surface area contributed by atoms with Crippen LogP contribution in [0.2, 0.25) is 0 Å². The average molecular weight is 206 g/mol. The van der Waals surface area contributed by atoms with Gasteiger partial charge in [0.1, 0.15) is 0 Å². The van der Waals surface area contributed by atoms with E-state index in [2.05, 4.69) is 49.4 Å². The van der Waals surface area contributed by atoms with E-state index in [1.807, 2.05) is 0 Å². The van der Waals surface area contributed by atoms with Crippen molar-refractivity contribution in [2.24, 2.45) is 0 Å². The van der Waals surface area contributed by atoms with Crippen LogP contribution in [0.1, 0.15) is 30.9 Å². The minimum Gasteiger partial charge on any atom is -0.0653 e. The Balaban J connectivity index is 2.06. The van der Waals surface area contributed by atoms with Gasteiger partial charge in [-0.3, -0.25) is 0 Å². The molecule has 0 saturated carbocycles. The number of rotatable bonds is 2. The van der Waals surface area contributed by atoms with Crippen LogP contribution in [-0.4, -0.2) is 0 Å². The van der Waals surface area contributed by atoms with Gasteiger partial charge in [0.15, 0.2) is 0 Å². The fraction of sp³-hybridized carbons (Fsp3) is 0.250. The molecule has 0 spiro atoms. The quantitative estimate of drug-likeness (QED) is 0.686. The highest BCUT2D eigenvalue weighted by atomic mass is 14.5. The van der Waals surface area contributed by atoms with E-state index in [-0.39, 0.29) is 5.41 Å². The average Bonchev–Trinajstić information content (AvgIpc) is 2.47. The summed E-state index contributed by atoms with van der Waals surface area (Å²) in [6.45, 7) is 2.29. The predicted molar refractivity (Wildman–Crippen MR) is 67.2 cm³/mol. The molecule has 4 rings (SSSR count). The summed E-state index contributed by atoms with van der Waals surface area (Å²) in [5.41, 5.74) is 7.87. The molecule has 0 N–H and O–H groups in total. The van der Waals surface area contributed by atoms with Crippen molar-refractivity contribution in [3.8, 4) is 0 Å². The van der Waals surface area contributed by atoms with E-state index in [1.54, 1.807) is 11.1 Å². The number of fused-ring (bicyclic) bond motifs is 2. The Hall–Kier alpha value is -1.56. The molecule has 1 atom stereocenters. The lowest BCUT2D eigenvalue weighted by atomic mass is 9.60. The molecule has 1 aromatic rings. The fourth-order valence-corrected chi connectivity index (χ4v) is 3.65. The van der Waals surface area contributed by atoms with Gasteiger partial charge in [-0.05, 0) is 34.3 Å². The van der Waals surface area contributed by atoms with Gasteiger partial charge in [0, 0.05) is 5.41 Å². The van der Waals surface area contributed by atoms with E-state index in [4.69, 9.17) is 0 Å². The number of allylic oxidation sites excluding steroid dienone is 6. The molecule has 1 unspecified atom stereocenters. The van der Waals surface area contributed by atoms with Crippen molar-refractivity contribution in [1.29, 1.82) is 0 Å². The van der Waals surface area contributed by atoms with Crippen molar-refractivity contribution in [1.82, 2.24) is 0 Å². The molecule has 78 valence electrons. The lowest BCUT2D eigenvalue weighted by molar-refractivity contribution is 0.530. The van der Waals surface area contributed by atoms with E-state index in [1.165, 1.54) is 29.6 Å². The van der Waals surface area contributed by atoms with E-state index >= 15 is 0 Å². The molecule has 0 heterocycles. The summed E-state index contributed by atoms with van der Waals surface area (Å²) in [5, 5.41) is 0. The Morgan fingerprint density at radius 2 is 2.00 bits per heavy atom. The molecule has 4 bridgehead atoms. The van der Waals surface area contributed by atoms with E-state index in [0.29, 0.717) is 0 Å². The highest BCUT2D eigenvalue weighted by Gasteiger charge is 2.53. The van der Waals surface area contributed by atoms with Crippen molar-refractivity contribution in [2.75, 3.05) is 0 Å². The molecule has 0 aliphatic heterocycles. The Labute approximate surface area is 96.0 Å². The number of hydrogen-bond donors (Lipinski definition) is 0. The molecule has 1 aromatic carbocycles. The number of hydrogen-bond acceptors (Lipinski definition) is 0. The molecule has 0 heteroatoms. The smallest absolute Gasteiger partial charge is 0.0463 e. The summed E-state index contributed by atoms with van der Waals surface area (Å²) in [5.74, 6) is 0. The maximum atomic E-state index is 2.38. The van der Waals surface area contributed by atoms with Crippen molar-refractivity contribution < 1.29 is 0 Å². The zero-order valence-corrected chi connectivity index (χ0v) is 9.46. The standard InChI is InChI=1S/C16H14/c1-2-9-16-11-7-8-13(15(16)10-11)12-5-3-4-6-14(12)16/h3-8,10H,2,9H2,1H3. The van der Waals surface area contributed by atoms with Crippen LogP contribution in [0.15, 0.2) is 53.6 Å². The zero-order valence-electron chi connectivity index (χ0n) is 9.46. The number of benzene rings is 1. The molecule has 0 fully saturated rings. The minimum absolute atomic E-state index is 0.287. The van der Waals surface area contributed by atoms with Crippen molar-refractivity contribution >= 4 is 5.57 Å². The van der Waals surface area contributed by atoms with Gasteiger partial charge in [-0.2, -0.15) is 0 Å². The first-order valence-electron chi connectivity index (χ1n) is 6.13. The summed E-state index contributed by atoms with van der Waals surface area (Å²) in [6.07, 6.45) is 9.50. The first-order valence-corrected chi connectivity index (χ1v) is 6.13. The first-order chi connectivity index (χ1) is 7.88. The topological polar surface area (TPSA) is 0 Å². The summed E-state index contributed by atoms with van der Waals surface area (Å²) >= 11 is 0. The van der Waals surface area contributed by atoms with Crippen LogP contribution in [0, 0.1) is 0 Å². The maximum Gasteiger partial charge on any atom is 0.0463 e. The summed E-state index contributed by atoms with van der Waals surface area (Å²) in [4.78, 5) is 0. The molecule has 16 heavy (non-hydrogen) atoms. The highest BCUT2D eigenvalue weighted by Crippen LogP contribution is 2.64. The van der Waals surface area contributed by atoms with Crippen LogP contribution >= 0.6 is 0 Å². The molecule has 3 aliphatic rings. The lowest BCUT2D eigenvalue weighted by Crippen LogP contribution is -2.35.